The first kappa shape index (κ1) is 23.7. The standard InChI is InChI=1S/C23H40N2O4/c1-2-3-4-5-6-7-8-11-16-29-22(27)18-20-23(28)24-14-15-25(20)21(26)17-19-12-9-10-13-19/h19-20H,2-18H2,1H3,(H,24,28). The van der Waals surface area contributed by atoms with Crippen molar-refractivity contribution in [2.75, 3.05) is 19.7 Å². The fourth-order valence-corrected chi connectivity index (χ4v) is 4.43. The van der Waals surface area contributed by atoms with Gasteiger partial charge in [-0.15, -0.1) is 0 Å². The van der Waals surface area contributed by atoms with Crippen LogP contribution in [-0.2, 0) is 19.1 Å². The smallest absolute Gasteiger partial charge is 0.308 e. The number of rotatable bonds is 13. The van der Waals surface area contributed by atoms with E-state index in [1.165, 1.54) is 51.4 Å². The Morgan fingerprint density at radius 3 is 2.34 bits per heavy atom. The van der Waals surface area contributed by atoms with Crippen molar-refractivity contribution >= 4 is 17.8 Å². The van der Waals surface area contributed by atoms with Crippen LogP contribution in [-0.4, -0.2) is 48.4 Å². The van der Waals surface area contributed by atoms with Crippen LogP contribution in [0.15, 0.2) is 0 Å². The van der Waals surface area contributed by atoms with Gasteiger partial charge in [-0.1, -0.05) is 64.7 Å². The Morgan fingerprint density at radius 1 is 1.00 bits per heavy atom. The van der Waals surface area contributed by atoms with Crippen molar-refractivity contribution in [1.82, 2.24) is 10.2 Å². The van der Waals surface area contributed by atoms with Crippen LogP contribution < -0.4 is 5.32 Å². The van der Waals surface area contributed by atoms with Gasteiger partial charge in [0.15, 0.2) is 0 Å². The zero-order valence-corrected chi connectivity index (χ0v) is 18.3. The summed E-state index contributed by atoms with van der Waals surface area (Å²) in [6, 6.07) is -0.719. The molecule has 6 nitrogen and oxygen atoms in total. The molecule has 1 saturated carbocycles. The number of carbonyl (C=O) groups excluding carboxylic acids is 3. The Labute approximate surface area is 176 Å². The molecule has 0 aromatic carbocycles. The first-order chi connectivity index (χ1) is 14.1. The van der Waals surface area contributed by atoms with Gasteiger partial charge in [0.25, 0.3) is 0 Å². The average molecular weight is 409 g/mol. The van der Waals surface area contributed by atoms with Gasteiger partial charge in [0.1, 0.15) is 6.04 Å². The second kappa shape index (κ2) is 13.6. The Hall–Kier alpha value is -1.59. The normalized spacial score (nSPS) is 20.0. The molecule has 1 N–H and O–H groups in total. The molecule has 1 saturated heterocycles. The van der Waals surface area contributed by atoms with Crippen molar-refractivity contribution in [3.8, 4) is 0 Å². The van der Waals surface area contributed by atoms with E-state index >= 15 is 0 Å². The summed E-state index contributed by atoms with van der Waals surface area (Å²) in [7, 11) is 0. The summed E-state index contributed by atoms with van der Waals surface area (Å²) in [6.45, 7) is 3.56. The number of nitrogens with zero attached hydrogens (tertiary/aromatic N) is 1. The summed E-state index contributed by atoms with van der Waals surface area (Å²) >= 11 is 0. The molecule has 0 aromatic rings. The van der Waals surface area contributed by atoms with Crippen molar-refractivity contribution < 1.29 is 19.1 Å². The molecule has 0 spiro atoms. The fourth-order valence-electron chi connectivity index (χ4n) is 4.43. The number of unbranched alkanes of at least 4 members (excludes halogenated alkanes) is 7. The van der Waals surface area contributed by atoms with Crippen molar-refractivity contribution in [3.05, 3.63) is 0 Å². The molecule has 1 aliphatic carbocycles. The van der Waals surface area contributed by atoms with Gasteiger partial charge in [-0.05, 0) is 25.2 Å². The highest BCUT2D eigenvalue weighted by Crippen LogP contribution is 2.28. The molecule has 6 heteroatoms. The van der Waals surface area contributed by atoms with E-state index in [-0.39, 0.29) is 24.2 Å². The van der Waals surface area contributed by atoms with Gasteiger partial charge in [0.05, 0.1) is 13.0 Å². The maximum atomic E-state index is 12.7. The van der Waals surface area contributed by atoms with E-state index in [4.69, 9.17) is 4.74 Å². The molecule has 1 heterocycles. The molecule has 0 bridgehead atoms. The van der Waals surface area contributed by atoms with E-state index in [1.807, 2.05) is 0 Å². The minimum atomic E-state index is -0.719. The lowest BCUT2D eigenvalue weighted by atomic mass is 10.0. The van der Waals surface area contributed by atoms with E-state index < -0.39 is 6.04 Å². The number of piperazine rings is 1. The van der Waals surface area contributed by atoms with Crippen LogP contribution in [0.4, 0.5) is 0 Å². The number of esters is 1. The third-order valence-electron chi connectivity index (χ3n) is 6.21. The molecule has 29 heavy (non-hydrogen) atoms. The number of hydrogen-bond acceptors (Lipinski definition) is 4. The van der Waals surface area contributed by atoms with Crippen LogP contribution in [0.25, 0.3) is 0 Å². The summed E-state index contributed by atoms with van der Waals surface area (Å²) in [4.78, 5) is 38.8. The van der Waals surface area contributed by atoms with Gasteiger partial charge in [0.2, 0.25) is 11.8 Å². The summed E-state index contributed by atoms with van der Waals surface area (Å²) in [5.41, 5.74) is 0. The van der Waals surface area contributed by atoms with Gasteiger partial charge in [-0.2, -0.15) is 0 Å². The van der Waals surface area contributed by atoms with Crippen molar-refractivity contribution in [1.29, 1.82) is 0 Å². The Morgan fingerprint density at radius 2 is 1.66 bits per heavy atom. The molecular weight excluding hydrogens is 368 g/mol. The number of amides is 2. The van der Waals surface area contributed by atoms with Gasteiger partial charge in [-0.3, -0.25) is 14.4 Å². The first-order valence-electron chi connectivity index (χ1n) is 11.8. The SMILES string of the molecule is CCCCCCCCCCOC(=O)CC1C(=O)NCCN1C(=O)CC1CCCC1. The van der Waals surface area contributed by atoms with Crippen molar-refractivity contribution in [2.24, 2.45) is 5.92 Å². The minimum Gasteiger partial charge on any atom is -0.466 e. The van der Waals surface area contributed by atoms with Crippen LogP contribution in [0, 0.1) is 5.92 Å². The zero-order valence-electron chi connectivity index (χ0n) is 18.3. The third-order valence-corrected chi connectivity index (χ3v) is 6.21. The second-order valence-electron chi connectivity index (χ2n) is 8.65. The maximum absolute atomic E-state index is 12.7. The van der Waals surface area contributed by atoms with E-state index in [0.29, 0.717) is 32.0 Å². The number of hydrogen-bond donors (Lipinski definition) is 1. The highest BCUT2D eigenvalue weighted by atomic mass is 16.5. The first-order valence-corrected chi connectivity index (χ1v) is 11.8. The molecule has 0 radical (unpaired) electrons. The van der Waals surface area contributed by atoms with E-state index in [2.05, 4.69) is 12.2 Å². The van der Waals surface area contributed by atoms with E-state index in [1.54, 1.807) is 4.90 Å². The topological polar surface area (TPSA) is 75.7 Å². The molecule has 1 atom stereocenters. The molecule has 2 fully saturated rings. The molecule has 2 rings (SSSR count). The number of nitrogens with one attached hydrogen (secondary N) is 1. The average Bonchev–Trinajstić information content (AvgIpc) is 3.21. The maximum Gasteiger partial charge on any atom is 0.308 e. The Bertz CT molecular complexity index is 517. The highest BCUT2D eigenvalue weighted by molar-refractivity contribution is 5.92. The molecule has 1 aliphatic heterocycles. The van der Waals surface area contributed by atoms with Gasteiger partial charge in [-0.25, -0.2) is 0 Å². The number of carbonyl (C=O) groups is 3. The summed E-state index contributed by atoms with van der Waals surface area (Å²) in [5.74, 6) is -0.177. The lowest BCUT2D eigenvalue weighted by Crippen LogP contribution is -2.58. The van der Waals surface area contributed by atoms with E-state index in [9.17, 15) is 14.4 Å². The largest absolute Gasteiger partial charge is 0.466 e. The van der Waals surface area contributed by atoms with Gasteiger partial charge in [0, 0.05) is 19.5 Å². The molecule has 1 unspecified atom stereocenters. The predicted molar refractivity (Wildman–Crippen MR) is 113 cm³/mol. The third kappa shape index (κ3) is 8.75. The Kier molecular flexibility index (Phi) is 11.1. The monoisotopic (exact) mass is 408 g/mol. The van der Waals surface area contributed by atoms with Crippen LogP contribution in [0.5, 0.6) is 0 Å². The zero-order chi connectivity index (χ0) is 20.9. The van der Waals surface area contributed by atoms with Crippen molar-refractivity contribution in [3.63, 3.8) is 0 Å². The summed E-state index contributed by atoms with van der Waals surface area (Å²) in [6.07, 6.45) is 14.5. The lowest BCUT2D eigenvalue weighted by molar-refractivity contribution is -0.152. The van der Waals surface area contributed by atoms with Crippen LogP contribution in [0.2, 0.25) is 0 Å². The Balaban J connectivity index is 1.66. The van der Waals surface area contributed by atoms with Gasteiger partial charge < -0.3 is 15.0 Å². The van der Waals surface area contributed by atoms with Crippen LogP contribution in [0.1, 0.15) is 96.8 Å². The molecule has 0 aromatic heterocycles. The lowest BCUT2D eigenvalue weighted by Gasteiger charge is -2.35. The van der Waals surface area contributed by atoms with Crippen molar-refractivity contribution in [2.45, 2.75) is 103 Å². The molecular formula is C23H40N2O4. The number of ether oxygens (including phenoxy) is 1. The predicted octanol–water partition coefficient (Wildman–Crippen LogP) is 3.97. The minimum absolute atomic E-state index is 0.00706. The summed E-state index contributed by atoms with van der Waals surface area (Å²) in [5, 5.41) is 2.78. The molecule has 2 aliphatic rings. The molecule has 166 valence electrons. The molecule has 2 amide bonds. The van der Waals surface area contributed by atoms with E-state index in [0.717, 1.165) is 25.7 Å². The fraction of sp³-hybridized carbons (Fsp3) is 0.870. The highest BCUT2D eigenvalue weighted by Gasteiger charge is 2.36. The quantitative estimate of drug-likeness (QED) is 0.370. The van der Waals surface area contributed by atoms with Crippen LogP contribution in [0.3, 0.4) is 0 Å². The summed E-state index contributed by atoms with van der Waals surface area (Å²) < 4.78 is 5.34. The van der Waals surface area contributed by atoms with Crippen LogP contribution >= 0.6 is 0 Å². The second-order valence-corrected chi connectivity index (χ2v) is 8.65. The van der Waals surface area contributed by atoms with Gasteiger partial charge >= 0.3 is 5.97 Å².